The number of carbonyl (C=O) groups is 2. The predicted molar refractivity (Wildman–Crippen MR) is 105 cm³/mol. The Bertz CT molecular complexity index is 855. The highest BCUT2D eigenvalue weighted by Crippen LogP contribution is 2.29. The van der Waals surface area contributed by atoms with Crippen molar-refractivity contribution in [2.75, 3.05) is 32.2 Å². The number of hydrogen-bond donors (Lipinski definition) is 2. The highest BCUT2D eigenvalue weighted by molar-refractivity contribution is 6.16. The number of rotatable bonds is 7. The molecule has 2 N–H and O–H groups in total. The number of methoxy groups -OCH3 is 2. The molecule has 0 unspecified atom stereocenters. The second-order valence-electron chi connectivity index (χ2n) is 6.60. The third kappa shape index (κ3) is 3.80. The molecule has 7 heteroatoms. The summed E-state index contributed by atoms with van der Waals surface area (Å²) in [5.74, 6) is -0.0321. The van der Waals surface area contributed by atoms with Gasteiger partial charge >= 0.3 is 0 Å². The molecule has 1 heterocycles. The molecule has 0 aromatic heterocycles. The Kier molecular flexibility index (Phi) is 5.84. The standard InChI is InChI=1S/C21H24N2O5/c1-27-17-9-8-15(14-18(17)28-2)10-12-22-19(24)21(26)11-13-23(20(21)25)16-6-4-3-5-7-16/h3-9,14,26H,10-13H2,1-2H3,(H,22,24)/t21-/m0/s1. The lowest BCUT2D eigenvalue weighted by Gasteiger charge is -2.21. The van der Waals surface area contributed by atoms with Gasteiger partial charge in [0.25, 0.3) is 11.8 Å². The van der Waals surface area contributed by atoms with Crippen LogP contribution in [0.1, 0.15) is 12.0 Å². The van der Waals surface area contributed by atoms with Crippen molar-refractivity contribution in [1.82, 2.24) is 5.32 Å². The summed E-state index contributed by atoms with van der Waals surface area (Å²) in [6, 6.07) is 14.5. The van der Waals surface area contributed by atoms with E-state index in [4.69, 9.17) is 9.47 Å². The van der Waals surface area contributed by atoms with Crippen LogP contribution in [0.2, 0.25) is 0 Å². The molecule has 2 aromatic carbocycles. The van der Waals surface area contributed by atoms with Crippen molar-refractivity contribution < 1.29 is 24.2 Å². The summed E-state index contributed by atoms with van der Waals surface area (Å²) >= 11 is 0. The molecule has 0 bridgehead atoms. The molecule has 28 heavy (non-hydrogen) atoms. The van der Waals surface area contributed by atoms with Gasteiger partial charge in [-0.15, -0.1) is 0 Å². The van der Waals surface area contributed by atoms with Gasteiger partial charge in [0.2, 0.25) is 5.60 Å². The molecule has 2 aromatic rings. The van der Waals surface area contributed by atoms with Gasteiger partial charge in [-0.2, -0.15) is 0 Å². The molecule has 0 saturated carbocycles. The Balaban J connectivity index is 1.60. The van der Waals surface area contributed by atoms with Crippen molar-refractivity contribution in [1.29, 1.82) is 0 Å². The lowest BCUT2D eigenvalue weighted by molar-refractivity contribution is -0.149. The minimum atomic E-state index is -2.03. The third-order valence-corrected chi connectivity index (χ3v) is 4.89. The molecule has 0 spiro atoms. The maximum absolute atomic E-state index is 12.6. The number of carbonyl (C=O) groups excluding carboxylic acids is 2. The van der Waals surface area contributed by atoms with Crippen molar-refractivity contribution in [2.45, 2.75) is 18.4 Å². The Morgan fingerprint density at radius 2 is 1.86 bits per heavy atom. The van der Waals surface area contributed by atoms with E-state index in [0.29, 0.717) is 30.2 Å². The van der Waals surface area contributed by atoms with Gasteiger partial charge in [0, 0.05) is 25.2 Å². The smallest absolute Gasteiger partial charge is 0.268 e. The number of anilines is 1. The summed E-state index contributed by atoms with van der Waals surface area (Å²) in [5.41, 5.74) is -0.428. The monoisotopic (exact) mass is 384 g/mol. The Morgan fingerprint density at radius 3 is 2.54 bits per heavy atom. The molecule has 7 nitrogen and oxygen atoms in total. The van der Waals surface area contributed by atoms with Gasteiger partial charge in [0.1, 0.15) is 0 Å². The van der Waals surface area contributed by atoms with Gasteiger partial charge in [-0.25, -0.2) is 0 Å². The van der Waals surface area contributed by atoms with Crippen LogP contribution in [0.25, 0.3) is 0 Å². The lowest BCUT2D eigenvalue weighted by Crippen LogP contribution is -2.52. The van der Waals surface area contributed by atoms with Crippen molar-refractivity contribution in [3.63, 3.8) is 0 Å². The number of ether oxygens (including phenoxy) is 2. The van der Waals surface area contributed by atoms with E-state index in [9.17, 15) is 14.7 Å². The molecular weight excluding hydrogens is 360 g/mol. The summed E-state index contributed by atoms with van der Waals surface area (Å²) in [7, 11) is 3.12. The second kappa shape index (κ2) is 8.31. The maximum atomic E-state index is 12.6. The molecule has 1 aliphatic heterocycles. The summed E-state index contributed by atoms with van der Waals surface area (Å²) < 4.78 is 10.5. The van der Waals surface area contributed by atoms with Crippen LogP contribution in [0.15, 0.2) is 48.5 Å². The van der Waals surface area contributed by atoms with Crippen molar-refractivity contribution in [3.8, 4) is 11.5 Å². The van der Waals surface area contributed by atoms with Crippen molar-refractivity contribution >= 4 is 17.5 Å². The largest absolute Gasteiger partial charge is 0.493 e. The number of amides is 2. The number of benzene rings is 2. The zero-order valence-corrected chi connectivity index (χ0v) is 16.0. The van der Waals surface area contributed by atoms with E-state index >= 15 is 0 Å². The fraction of sp³-hybridized carbons (Fsp3) is 0.333. The van der Waals surface area contributed by atoms with Crippen LogP contribution in [0.3, 0.4) is 0 Å². The zero-order valence-electron chi connectivity index (χ0n) is 16.0. The van der Waals surface area contributed by atoms with E-state index in [1.54, 1.807) is 32.4 Å². The van der Waals surface area contributed by atoms with Crippen LogP contribution >= 0.6 is 0 Å². The average Bonchev–Trinajstić information content (AvgIpc) is 3.04. The first-order chi connectivity index (χ1) is 13.5. The first-order valence-electron chi connectivity index (χ1n) is 9.08. The molecule has 1 aliphatic rings. The molecule has 1 fully saturated rings. The second-order valence-corrected chi connectivity index (χ2v) is 6.60. The first kappa shape index (κ1) is 19.7. The van der Waals surface area contributed by atoms with E-state index in [2.05, 4.69) is 5.32 Å². The van der Waals surface area contributed by atoms with E-state index in [0.717, 1.165) is 5.56 Å². The molecule has 2 amide bonds. The first-order valence-corrected chi connectivity index (χ1v) is 9.08. The Labute approximate surface area is 163 Å². The van der Waals surface area contributed by atoms with Gasteiger partial charge in [0.05, 0.1) is 14.2 Å². The van der Waals surface area contributed by atoms with Gasteiger partial charge < -0.3 is 24.8 Å². The zero-order chi connectivity index (χ0) is 20.1. The van der Waals surface area contributed by atoms with Gasteiger partial charge in [-0.05, 0) is 36.2 Å². The van der Waals surface area contributed by atoms with Crippen LogP contribution < -0.4 is 19.7 Å². The van der Waals surface area contributed by atoms with E-state index in [1.165, 1.54) is 4.90 Å². The Hall–Kier alpha value is -3.06. The quantitative estimate of drug-likeness (QED) is 0.707. The minimum absolute atomic E-state index is 0.0585. The van der Waals surface area contributed by atoms with Crippen molar-refractivity contribution in [3.05, 3.63) is 54.1 Å². The maximum Gasteiger partial charge on any atom is 0.268 e. The normalized spacial score (nSPS) is 18.8. The molecular formula is C21H24N2O5. The number of aliphatic hydroxyl groups is 1. The summed E-state index contributed by atoms with van der Waals surface area (Å²) in [5, 5.41) is 13.3. The summed E-state index contributed by atoms with van der Waals surface area (Å²) in [6.07, 6.45) is 0.585. The predicted octanol–water partition coefficient (Wildman–Crippen LogP) is 1.53. The van der Waals surface area contributed by atoms with E-state index in [1.807, 2.05) is 30.3 Å². The topological polar surface area (TPSA) is 88.1 Å². The highest BCUT2D eigenvalue weighted by Gasteiger charge is 2.51. The molecule has 3 rings (SSSR count). The van der Waals surface area contributed by atoms with Crippen LogP contribution in [-0.2, 0) is 16.0 Å². The number of nitrogens with zero attached hydrogens (tertiary/aromatic N) is 1. The third-order valence-electron chi connectivity index (χ3n) is 4.89. The minimum Gasteiger partial charge on any atom is -0.493 e. The summed E-state index contributed by atoms with van der Waals surface area (Å²) in [4.78, 5) is 26.6. The SMILES string of the molecule is COc1ccc(CCNC(=O)[C@@]2(O)CCN(c3ccccc3)C2=O)cc1OC. The highest BCUT2D eigenvalue weighted by atomic mass is 16.5. The van der Waals surface area contributed by atoms with E-state index in [-0.39, 0.29) is 13.0 Å². The molecule has 1 saturated heterocycles. The lowest BCUT2D eigenvalue weighted by atomic mass is 10.0. The fourth-order valence-corrected chi connectivity index (χ4v) is 3.27. The van der Waals surface area contributed by atoms with Gasteiger partial charge in [0.15, 0.2) is 11.5 Å². The number of nitrogens with one attached hydrogen (secondary N) is 1. The van der Waals surface area contributed by atoms with E-state index < -0.39 is 17.4 Å². The van der Waals surface area contributed by atoms with Crippen LogP contribution in [0.4, 0.5) is 5.69 Å². The Morgan fingerprint density at radius 1 is 1.14 bits per heavy atom. The van der Waals surface area contributed by atoms with Gasteiger partial charge in [-0.3, -0.25) is 9.59 Å². The average molecular weight is 384 g/mol. The van der Waals surface area contributed by atoms with Crippen molar-refractivity contribution in [2.24, 2.45) is 0 Å². The van der Waals surface area contributed by atoms with Crippen LogP contribution in [0.5, 0.6) is 11.5 Å². The summed E-state index contributed by atoms with van der Waals surface area (Å²) in [6.45, 7) is 0.581. The molecule has 1 atom stereocenters. The molecule has 0 radical (unpaired) electrons. The number of hydrogen-bond acceptors (Lipinski definition) is 5. The van der Waals surface area contributed by atoms with Gasteiger partial charge in [-0.1, -0.05) is 24.3 Å². The number of para-hydroxylation sites is 1. The van der Waals surface area contributed by atoms with Crippen LogP contribution in [-0.4, -0.2) is 49.8 Å². The molecule has 0 aliphatic carbocycles. The van der Waals surface area contributed by atoms with Crippen LogP contribution in [0, 0.1) is 0 Å². The molecule has 148 valence electrons. The fourth-order valence-electron chi connectivity index (χ4n) is 3.27.